The molecule has 44 heavy (non-hydrogen) atoms. The fourth-order valence-electron chi connectivity index (χ4n) is 6.13. The molecule has 0 unspecified atom stereocenters. The summed E-state index contributed by atoms with van der Waals surface area (Å²) in [5, 5.41) is 12.5. The monoisotopic (exact) mass is 608 g/mol. The van der Waals surface area contributed by atoms with E-state index in [0.29, 0.717) is 6.54 Å². The lowest BCUT2D eigenvalue weighted by molar-refractivity contribution is -0.276. The summed E-state index contributed by atoms with van der Waals surface area (Å²) in [6.07, 6.45) is 15.1. The van der Waals surface area contributed by atoms with Gasteiger partial charge in [0, 0.05) is 31.5 Å². The molecule has 1 fully saturated rings. The van der Waals surface area contributed by atoms with Crippen LogP contribution in [0.2, 0.25) is 0 Å². The standard InChI is InChI=1S/C38H60N2O4/c1-5-7-9-11-13-15-25-40(26-16-14-12-10-8-6-2)28-36-30(3)37(34-21-19-33(29-41)20-22-34)44-38(43-36)35-23-17-32(18-24-35)27-39-31(4)42/h17-24,30,36-38,41H,5-16,25-29H2,1-4H3,(H,39,42)/t30-,36+,37+,38+/m0/s1. The van der Waals surface area contributed by atoms with Crippen molar-refractivity contribution in [2.45, 2.75) is 136 Å². The van der Waals surface area contributed by atoms with E-state index in [4.69, 9.17) is 9.47 Å². The molecule has 1 aliphatic heterocycles. The predicted molar refractivity (Wildman–Crippen MR) is 180 cm³/mol. The Bertz CT molecular complexity index is 1030. The zero-order valence-electron chi connectivity index (χ0n) is 28.1. The SMILES string of the molecule is CCCCCCCCN(CCCCCCCC)C[C@H]1O[C@@H](c2ccc(CNC(C)=O)cc2)O[C@@H](c2ccc(CO)cc2)[C@H]1C. The van der Waals surface area contributed by atoms with Gasteiger partial charge in [0.25, 0.3) is 0 Å². The number of benzene rings is 2. The number of carbonyl (C=O) groups is 1. The number of nitrogens with zero attached hydrogens (tertiary/aromatic N) is 1. The van der Waals surface area contributed by atoms with Crippen LogP contribution in [0.3, 0.4) is 0 Å². The lowest BCUT2D eigenvalue weighted by Crippen LogP contribution is -2.45. The number of hydrogen-bond acceptors (Lipinski definition) is 5. The normalized spacial score (nSPS) is 20.2. The van der Waals surface area contributed by atoms with Crippen molar-refractivity contribution >= 4 is 5.91 Å². The van der Waals surface area contributed by atoms with E-state index in [0.717, 1.165) is 41.9 Å². The minimum atomic E-state index is -0.474. The minimum absolute atomic E-state index is 0.0236. The Hall–Kier alpha value is -2.25. The Morgan fingerprint density at radius 2 is 1.27 bits per heavy atom. The molecule has 0 aromatic heterocycles. The van der Waals surface area contributed by atoms with Crippen molar-refractivity contribution in [3.63, 3.8) is 0 Å². The Morgan fingerprint density at radius 1 is 0.750 bits per heavy atom. The summed E-state index contributed by atoms with van der Waals surface area (Å²) in [6.45, 7) is 12.0. The van der Waals surface area contributed by atoms with E-state index in [1.165, 1.54) is 84.0 Å². The van der Waals surface area contributed by atoms with Crippen molar-refractivity contribution < 1.29 is 19.4 Å². The van der Waals surface area contributed by atoms with Crippen LogP contribution in [-0.4, -0.2) is 41.7 Å². The van der Waals surface area contributed by atoms with Gasteiger partial charge < -0.3 is 24.8 Å². The van der Waals surface area contributed by atoms with Crippen LogP contribution in [0.25, 0.3) is 0 Å². The molecular weight excluding hydrogens is 548 g/mol. The highest BCUT2D eigenvalue weighted by Crippen LogP contribution is 2.42. The fraction of sp³-hybridized carbons (Fsp3) is 0.658. The first-order chi connectivity index (χ1) is 21.4. The molecule has 2 aromatic carbocycles. The smallest absolute Gasteiger partial charge is 0.217 e. The second kappa shape index (κ2) is 20.7. The highest BCUT2D eigenvalue weighted by atomic mass is 16.7. The first kappa shape index (κ1) is 36.2. The molecule has 2 N–H and O–H groups in total. The summed E-state index contributed by atoms with van der Waals surface area (Å²) >= 11 is 0. The Kier molecular flexibility index (Phi) is 17.1. The second-order valence-corrected chi connectivity index (χ2v) is 12.8. The highest BCUT2D eigenvalue weighted by Gasteiger charge is 2.39. The van der Waals surface area contributed by atoms with Crippen LogP contribution in [-0.2, 0) is 27.4 Å². The zero-order valence-corrected chi connectivity index (χ0v) is 28.1. The molecule has 0 radical (unpaired) electrons. The van der Waals surface area contributed by atoms with Crippen molar-refractivity contribution in [1.82, 2.24) is 10.2 Å². The van der Waals surface area contributed by atoms with Crippen LogP contribution < -0.4 is 5.32 Å². The van der Waals surface area contributed by atoms with Gasteiger partial charge in [0.1, 0.15) is 0 Å². The van der Waals surface area contributed by atoms with E-state index in [1.54, 1.807) is 0 Å². The Morgan fingerprint density at radius 3 is 1.82 bits per heavy atom. The first-order valence-electron chi connectivity index (χ1n) is 17.5. The number of carbonyl (C=O) groups excluding carboxylic acids is 1. The van der Waals surface area contributed by atoms with Crippen LogP contribution in [0.4, 0.5) is 0 Å². The topological polar surface area (TPSA) is 71.0 Å². The molecule has 246 valence electrons. The van der Waals surface area contributed by atoms with Gasteiger partial charge in [-0.3, -0.25) is 4.79 Å². The maximum absolute atomic E-state index is 11.4. The van der Waals surface area contributed by atoms with Crippen molar-refractivity contribution in [2.24, 2.45) is 5.92 Å². The molecule has 6 nitrogen and oxygen atoms in total. The van der Waals surface area contributed by atoms with Crippen LogP contribution >= 0.6 is 0 Å². The van der Waals surface area contributed by atoms with Crippen molar-refractivity contribution in [2.75, 3.05) is 19.6 Å². The molecule has 1 heterocycles. The lowest BCUT2D eigenvalue weighted by Gasteiger charge is -2.43. The fourth-order valence-corrected chi connectivity index (χ4v) is 6.13. The number of unbranched alkanes of at least 4 members (excludes halogenated alkanes) is 10. The van der Waals surface area contributed by atoms with Crippen molar-refractivity contribution in [1.29, 1.82) is 0 Å². The average Bonchev–Trinajstić information content (AvgIpc) is 3.04. The first-order valence-corrected chi connectivity index (χ1v) is 17.5. The number of amides is 1. The molecule has 2 aromatic rings. The number of aliphatic hydroxyl groups excluding tert-OH is 1. The van der Waals surface area contributed by atoms with Gasteiger partial charge in [0.2, 0.25) is 5.91 Å². The Labute approximate surface area is 267 Å². The summed E-state index contributed by atoms with van der Waals surface area (Å²) < 4.78 is 13.5. The number of aliphatic hydroxyl groups is 1. The summed E-state index contributed by atoms with van der Waals surface area (Å²) in [7, 11) is 0. The average molecular weight is 609 g/mol. The quantitative estimate of drug-likeness (QED) is 0.139. The van der Waals surface area contributed by atoms with Gasteiger partial charge in [-0.15, -0.1) is 0 Å². The summed E-state index contributed by atoms with van der Waals surface area (Å²) in [5.74, 6) is 0.133. The molecule has 1 amide bonds. The van der Waals surface area contributed by atoms with E-state index in [1.807, 2.05) is 24.3 Å². The number of nitrogens with one attached hydrogen (secondary N) is 1. The number of rotatable bonds is 21. The molecule has 4 atom stereocenters. The van der Waals surface area contributed by atoms with Crippen molar-refractivity contribution in [3.05, 3.63) is 70.8 Å². The zero-order chi connectivity index (χ0) is 31.6. The van der Waals surface area contributed by atoms with E-state index >= 15 is 0 Å². The van der Waals surface area contributed by atoms with Crippen LogP contribution in [0.15, 0.2) is 48.5 Å². The van der Waals surface area contributed by atoms with Gasteiger partial charge in [-0.1, -0.05) is 134 Å². The highest BCUT2D eigenvalue weighted by molar-refractivity contribution is 5.72. The molecule has 0 aliphatic carbocycles. The predicted octanol–water partition coefficient (Wildman–Crippen LogP) is 8.63. The van der Waals surface area contributed by atoms with Gasteiger partial charge in [0.15, 0.2) is 6.29 Å². The van der Waals surface area contributed by atoms with E-state index in [-0.39, 0.29) is 30.6 Å². The third kappa shape index (κ3) is 12.6. The molecule has 0 bridgehead atoms. The van der Waals surface area contributed by atoms with Crippen LogP contribution in [0.5, 0.6) is 0 Å². The van der Waals surface area contributed by atoms with Gasteiger partial charge in [0.05, 0.1) is 18.8 Å². The van der Waals surface area contributed by atoms with E-state index < -0.39 is 6.29 Å². The number of hydrogen-bond donors (Lipinski definition) is 2. The largest absolute Gasteiger partial charge is 0.392 e. The van der Waals surface area contributed by atoms with Gasteiger partial charge in [-0.25, -0.2) is 0 Å². The lowest BCUT2D eigenvalue weighted by atomic mass is 9.90. The molecular formula is C38H60N2O4. The summed E-state index contributed by atoms with van der Waals surface area (Å²) in [4.78, 5) is 14.0. The molecule has 1 aliphatic rings. The maximum atomic E-state index is 11.4. The second-order valence-electron chi connectivity index (χ2n) is 12.8. The summed E-state index contributed by atoms with van der Waals surface area (Å²) in [6, 6.07) is 16.4. The Balaban J connectivity index is 1.75. The van der Waals surface area contributed by atoms with Crippen LogP contribution in [0.1, 0.15) is 139 Å². The van der Waals surface area contributed by atoms with Gasteiger partial charge in [-0.05, 0) is 42.6 Å². The minimum Gasteiger partial charge on any atom is -0.392 e. The summed E-state index contributed by atoms with van der Waals surface area (Å²) in [5.41, 5.74) is 4.06. The molecule has 0 spiro atoms. The van der Waals surface area contributed by atoms with Crippen LogP contribution in [0, 0.1) is 5.92 Å². The van der Waals surface area contributed by atoms with E-state index in [9.17, 15) is 9.90 Å². The van der Waals surface area contributed by atoms with Gasteiger partial charge >= 0.3 is 0 Å². The third-order valence-corrected chi connectivity index (χ3v) is 9.01. The molecule has 1 saturated heterocycles. The number of ether oxygens (including phenoxy) is 2. The maximum Gasteiger partial charge on any atom is 0.217 e. The van der Waals surface area contributed by atoms with Crippen molar-refractivity contribution in [3.8, 4) is 0 Å². The molecule has 0 saturated carbocycles. The van der Waals surface area contributed by atoms with Gasteiger partial charge in [-0.2, -0.15) is 0 Å². The third-order valence-electron chi connectivity index (χ3n) is 9.01. The molecule has 3 rings (SSSR count). The molecule has 6 heteroatoms. The van der Waals surface area contributed by atoms with E-state index in [2.05, 4.69) is 55.3 Å².